The molecule has 0 aromatic heterocycles. The molecule has 2 aliphatic heterocycles. The van der Waals surface area contributed by atoms with Crippen molar-refractivity contribution in [2.24, 2.45) is 4.99 Å². The SMILES string of the molecule is CCNC(=NCC(C)c1ccc(F)cc1F)N1CCC(OCC2CCCO2)CC1.I. The highest BCUT2D eigenvalue weighted by molar-refractivity contribution is 14.0. The van der Waals surface area contributed by atoms with Gasteiger partial charge >= 0.3 is 0 Å². The van der Waals surface area contributed by atoms with Gasteiger partial charge in [0, 0.05) is 44.8 Å². The fourth-order valence-electron chi connectivity index (χ4n) is 3.90. The van der Waals surface area contributed by atoms with Crippen molar-refractivity contribution < 1.29 is 18.3 Å². The van der Waals surface area contributed by atoms with Gasteiger partial charge in [-0.05, 0) is 44.2 Å². The quantitative estimate of drug-likeness (QED) is 0.320. The first kappa shape index (κ1) is 25.3. The molecule has 30 heavy (non-hydrogen) atoms. The molecule has 2 saturated heterocycles. The summed E-state index contributed by atoms with van der Waals surface area (Å²) in [5.74, 6) is -0.349. The monoisotopic (exact) mass is 537 g/mol. The molecule has 0 bridgehead atoms. The minimum absolute atomic E-state index is 0. The molecule has 170 valence electrons. The van der Waals surface area contributed by atoms with E-state index in [4.69, 9.17) is 14.5 Å². The molecule has 2 fully saturated rings. The summed E-state index contributed by atoms with van der Waals surface area (Å²) in [6.07, 6.45) is 4.68. The molecule has 1 aromatic carbocycles. The van der Waals surface area contributed by atoms with Gasteiger partial charge in [-0.2, -0.15) is 0 Å². The fourth-order valence-corrected chi connectivity index (χ4v) is 3.90. The molecule has 2 unspecified atom stereocenters. The molecule has 1 aromatic rings. The molecule has 0 saturated carbocycles. The zero-order valence-electron chi connectivity index (χ0n) is 17.9. The predicted octanol–water partition coefficient (Wildman–Crippen LogP) is 4.31. The van der Waals surface area contributed by atoms with Crippen molar-refractivity contribution in [3.05, 3.63) is 35.4 Å². The van der Waals surface area contributed by atoms with Crippen molar-refractivity contribution in [3.8, 4) is 0 Å². The molecule has 0 amide bonds. The molecule has 1 N–H and O–H groups in total. The molecule has 3 rings (SSSR count). The molecule has 0 radical (unpaired) electrons. The van der Waals surface area contributed by atoms with Gasteiger partial charge in [0.15, 0.2) is 5.96 Å². The number of guanidine groups is 1. The third kappa shape index (κ3) is 7.30. The number of hydrogen-bond donors (Lipinski definition) is 1. The van der Waals surface area contributed by atoms with Crippen molar-refractivity contribution in [1.29, 1.82) is 0 Å². The van der Waals surface area contributed by atoms with Gasteiger partial charge in [-0.3, -0.25) is 4.99 Å². The van der Waals surface area contributed by atoms with Crippen LogP contribution in [0.25, 0.3) is 0 Å². The summed E-state index contributed by atoms with van der Waals surface area (Å²) in [5.41, 5.74) is 0.493. The van der Waals surface area contributed by atoms with Crippen LogP contribution in [0.15, 0.2) is 23.2 Å². The summed E-state index contributed by atoms with van der Waals surface area (Å²) in [6, 6.07) is 3.74. The van der Waals surface area contributed by atoms with E-state index in [-0.39, 0.29) is 42.1 Å². The van der Waals surface area contributed by atoms with Crippen LogP contribution in [0.3, 0.4) is 0 Å². The Morgan fingerprint density at radius 1 is 1.30 bits per heavy atom. The Bertz CT molecular complexity index is 678. The lowest BCUT2D eigenvalue weighted by Gasteiger charge is -2.34. The Balaban J connectivity index is 0.00000320. The Labute approximate surface area is 195 Å². The molecule has 0 aliphatic carbocycles. The standard InChI is InChI=1S/C22H33F2N3O2.HI/c1-3-25-22(26-14-16(2)20-7-6-17(23)13-21(20)24)27-10-8-18(9-11-27)29-15-19-5-4-12-28-19;/h6-7,13,16,18-19H,3-5,8-12,14-15H2,1-2H3,(H,25,26);1H. The molecular formula is C22H34F2IN3O2. The van der Waals surface area contributed by atoms with Gasteiger partial charge < -0.3 is 19.7 Å². The largest absolute Gasteiger partial charge is 0.376 e. The van der Waals surface area contributed by atoms with E-state index in [1.807, 2.05) is 13.8 Å². The summed E-state index contributed by atoms with van der Waals surface area (Å²) in [6.45, 7) is 8.47. The first-order valence-corrected chi connectivity index (χ1v) is 10.8. The van der Waals surface area contributed by atoms with E-state index in [1.54, 1.807) is 0 Å². The fraction of sp³-hybridized carbons (Fsp3) is 0.682. The van der Waals surface area contributed by atoms with Crippen LogP contribution >= 0.6 is 24.0 Å². The van der Waals surface area contributed by atoms with Gasteiger partial charge in [-0.25, -0.2) is 8.78 Å². The highest BCUT2D eigenvalue weighted by Gasteiger charge is 2.24. The number of halogens is 3. The molecule has 8 heteroatoms. The van der Waals surface area contributed by atoms with Crippen LogP contribution < -0.4 is 5.32 Å². The Morgan fingerprint density at radius 2 is 2.07 bits per heavy atom. The average molecular weight is 537 g/mol. The van der Waals surface area contributed by atoms with E-state index in [1.165, 1.54) is 12.1 Å². The van der Waals surface area contributed by atoms with E-state index in [2.05, 4.69) is 10.2 Å². The zero-order chi connectivity index (χ0) is 20.6. The van der Waals surface area contributed by atoms with E-state index >= 15 is 0 Å². The first-order valence-electron chi connectivity index (χ1n) is 10.8. The van der Waals surface area contributed by atoms with E-state index in [0.717, 1.165) is 64.0 Å². The Hall–Kier alpha value is -1.00. The Kier molecular flexibility index (Phi) is 10.7. The first-order chi connectivity index (χ1) is 14.1. The zero-order valence-corrected chi connectivity index (χ0v) is 20.2. The van der Waals surface area contributed by atoms with Crippen molar-refractivity contribution in [1.82, 2.24) is 10.2 Å². The normalized spacial score (nSPS) is 21.4. The summed E-state index contributed by atoms with van der Waals surface area (Å²) in [4.78, 5) is 6.96. The van der Waals surface area contributed by atoms with Crippen LogP contribution in [-0.2, 0) is 9.47 Å². The van der Waals surface area contributed by atoms with Crippen molar-refractivity contribution in [2.45, 2.75) is 57.7 Å². The van der Waals surface area contributed by atoms with Gasteiger partial charge in [0.05, 0.1) is 18.8 Å². The number of nitrogens with one attached hydrogen (secondary N) is 1. The summed E-state index contributed by atoms with van der Waals surface area (Å²) < 4.78 is 38.8. The predicted molar refractivity (Wildman–Crippen MR) is 126 cm³/mol. The average Bonchev–Trinajstić information content (AvgIpc) is 3.23. The number of rotatable bonds is 7. The van der Waals surface area contributed by atoms with Gasteiger partial charge in [0.25, 0.3) is 0 Å². The van der Waals surface area contributed by atoms with Crippen LogP contribution in [-0.4, -0.2) is 62.5 Å². The highest BCUT2D eigenvalue weighted by Crippen LogP contribution is 2.21. The lowest BCUT2D eigenvalue weighted by Crippen LogP contribution is -2.47. The van der Waals surface area contributed by atoms with Gasteiger partial charge in [-0.15, -0.1) is 24.0 Å². The second-order valence-electron chi connectivity index (χ2n) is 7.92. The lowest BCUT2D eigenvalue weighted by molar-refractivity contribution is -0.0367. The number of hydrogen-bond acceptors (Lipinski definition) is 3. The van der Waals surface area contributed by atoms with Crippen molar-refractivity contribution in [2.75, 3.05) is 39.4 Å². The van der Waals surface area contributed by atoms with Gasteiger partial charge in [0.1, 0.15) is 11.6 Å². The van der Waals surface area contributed by atoms with E-state index in [9.17, 15) is 8.78 Å². The topological polar surface area (TPSA) is 46.1 Å². The summed E-state index contributed by atoms with van der Waals surface area (Å²) in [5, 5.41) is 3.34. The highest BCUT2D eigenvalue weighted by atomic mass is 127. The second-order valence-corrected chi connectivity index (χ2v) is 7.92. The molecule has 2 aliphatic rings. The minimum atomic E-state index is -0.556. The van der Waals surface area contributed by atoms with Crippen LogP contribution in [0.2, 0.25) is 0 Å². The smallest absolute Gasteiger partial charge is 0.193 e. The maximum atomic E-state index is 14.0. The number of benzene rings is 1. The number of piperidine rings is 1. The second kappa shape index (κ2) is 12.8. The summed E-state index contributed by atoms with van der Waals surface area (Å²) in [7, 11) is 0. The third-order valence-electron chi connectivity index (χ3n) is 5.63. The van der Waals surface area contributed by atoms with Crippen molar-refractivity contribution in [3.63, 3.8) is 0 Å². The Morgan fingerprint density at radius 3 is 2.70 bits per heavy atom. The lowest BCUT2D eigenvalue weighted by atomic mass is 10.0. The number of nitrogens with zero attached hydrogens (tertiary/aromatic N) is 2. The number of aliphatic imine (C=N–C) groups is 1. The van der Waals surface area contributed by atoms with E-state index < -0.39 is 11.6 Å². The molecule has 2 heterocycles. The third-order valence-corrected chi connectivity index (χ3v) is 5.63. The number of likely N-dealkylation sites (tertiary alicyclic amines) is 1. The molecule has 0 spiro atoms. The molecule has 2 atom stereocenters. The van der Waals surface area contributed by atoms with Crippen LogP contribution in [0, 0.1) is 11.6 Å². The summed E-state index contributed by atoms with van der Waals surface area (Å²) >= 11 is 0. The number of ether oxygens (including phenoxy) is 2. The van der Waals surface area contributed by atoms with Crippen molar-refractivity contribution >= 4 is 29.9 Å². The van der Waals surface area contributed by atoms with Crippen LogP contribution in [0.4, 0.5) is 8.78 Å². The molecular weight excluding hydrogens is 503 g/mol. The van der Waals surface area contributed by atoms with Gasteiger partial charge in [0.2, 0.25) is 0 Å². The van der Waals surface area contributed by atoms with Crippen LogP contribution in [0.5, 0.6) is 0 Å². The maximum Gasteiger partial charge on any atom is 0.193 e. The maximum absolute atomic E-state index is 14.0. The van der Waals surface area contributed by atoms with Gasteiger partial charge in [-0.1, -0.05) is 13.0 Å². The van der Waals surface area contributed by atoms with Crippen LogP contribution in [0.1, 0.15) is 51.0 Å². The van der Waals surface area contributed by atoms with E-state index in [0.29, 0.717) is 18.7 Å². The minimum Gasteiger partial charge on any atom is -0.376 e. The molecule has 5 nitrogen and oxygen atoms in total.